The summed E-state index contributed by atoms with van der Waals surface area (Å²) in [6.45, 7) is 1.21. The monoisotopic (exact) mass is 468 g/mol. The van der Waals surface area contributed by atoms with Gasteiger partial charge in [0.15, 0.2) is 5.82 Å². The van der Waals surface area contributed by atoms with Crippen molar-refractivity contribution in [2.75, 3.05) is 23.3 Å². The molecule has 12 heteroatoms. The van der Waals surface area contributed by atoms with Crippen LogP contribution in [0.5, 0.6) is 0 Å². The molecule has 0 aliphatic rings. The summed E-state index contributed by atoms with van der Waals surface area (Å²) in [6.07, 6.45) is 0. The molecule has 3 aromatic rings. The Bertz CT molecular complexity index is 1170. The SMILES string of the molecule is COC(=O)c1sccc1S(=O)(=O)N(CC(=O)Nc1cc(C)[nH]n1)c1ccc(Cl)cc1. The molecular formula is C18H17ClN4O5S2. The molecule has 2 heterocycles. The number of halogens is 1. The molecule has 30 heavy (non-hydrogen) atoms. The van der Waals surface area contributed by atoms with Gasteiger partial charge < -0.3 is 10.1 Å². The number of benzene rings is 1. The largest absolute Gasteiger partial charge is 0.465 e. The van der Waals surface area contributed by atoms with Gasteiger partial charge in [0.1, 0.15) is 16.3 Å². The molecule has 0 bridgehead atoms. The van der Waals surface area contributed by atoms with E-state index >= 15 is 0 Å². The van der Waals surface area contributed by atoms with Crippen LogP contribution in [0, 0.1) is 6.92 Å². The van der Waals surface area contributed by atoms with Crippen LogP contribution in [0.2, 0.25) is 5.02 Å². The van der Waals surface area contributed by atoms with Gasteiger partial charge in [0.2, 0.25) is 5.91 Å². The standard InChI is InChI=1S/C18H17ClN4O5S2/c1-11-9-15(22-21-11)20-16(24)10-23(13-5-3-12(19)4-6-13)30(26,27)14-7-8-29-17(14)18(25)28-2/h3-9H,10H2,1-2H3,(H2,20,21,22,24). The summed E-state index contributed by atoms with van der Waals surface area (Å²) < 4.78 is 32.4. The van der Waals surface area contributed by atoms with E-state index in [0.29, 0.717) is 5.02 Å². The van der Waals surface area contributed by atoms with Gasteiger partial charge in [0.05, 0.1) is 12.8 Å². The molecule has 1 amide bonds. The molecule has 2 N–H and O–H groups in total. The van der Waals surface area contributed by atoms with Gasteiger partial charge in [-0.1, -0.05) is 11.6 Å². The smallest absolute Gasteiger partial charge is 0.349 e. The predicted octanol–water partition coefficient (Wildman–Crippen LogP) is 3.05. The average molecular weight is 469 g/mol. The minimum Gasteiger partial charge on any atom is -0.465 e. The fraction of sp³-hybridized carbons (Fsp3) is 0.167. The highest BCUT2D eigenvalue weighted by Gasteiger charge is 2.32. The lowest BCUT2D eigenvalue weighted by Gasteiger charge is -2.24. The van der Waals surface area contributed by atoms with E-state index in [0.717, 1.165) is 28.4 Å². The van der Waals surface area contributed by atoms with Crippen molar-refractivity contribution in [3.63, 3.8) is 0 Å². The third-order valence-corrected chi connectivity index (χ3v) is 7.04. The van der Waals surface area contributed by atoms with Crippen LogP contribution in [0.25, 0.3) is 0 Å². The maximum Gasteiger partial charge on any atom is 0.349 e. The molecular weight excluding hydrogens is 452 g/mol. The van der Waals surface area contributed by atoms with Crippen LogP contribution in [0.15, 0.2) is 46.7 Å². The highest BCUT2D eigenvalue weighted by Crippen LogP contribution is 2.30. The second kappa shape index (κ2) is 8.86. The normalized spacial score (nSPS) is 11.2. The number of hydrogen-bond acceptors (Lipinski definition) is 7. The number of anilines is 2. The van der Waals surface area contributed by atoms with Gasteiger partial charge in [-0.2, -0.15) is 5.10 Å². The Kier molecular flexibility index (Phi) is 6.44. The zero-order valence-electron chi connectivity index (χ0n) is 15.9. The molecule has 9 nitrogen and oxygen atoms in total. The molecule has 0 fully saturated rings. The van der Waals surface area contributed by atoms with Crippen molar-refractivity contribution >= 4 is 56.3 Å². The number of nitrogens with zero attached hydrogens (tertiary/aromatic N) is 2. The highest BCUT2D eigenvalue weighted by molar-refractivity contribution is 7.93. The second-order valence-electron chi connectivity index (χ2n) is 6.08. The summed E-state index contributed by atoms with van der Waals surface area (Å²) in [4.78, 5) is 24.3. The van der Waals surface area contributed by atoms with E-state index in [2.05, 4.69) is 20.3 Å². The van der Waals surface area contributed by atoms with E-state index in [-0.39, 0.29) is 21.3 Å². The number of carbonyl (C=O) groups is 2. The summed E-state index contributed by atoms with van der Waals surface area (Å²) in [5.41, 5.74) is 0.934. The van der Waals surface area contributed by atoms with Gasteiger partial charge in [-0.25, -0.2) is 13.2 Å². The Morgan fingerprint density at radius 1 is 1.27 bits per heavy atom. The molecule has 0 saturated carbocycles. The first-order valence-corrected chi connectivity index (χ1v) is 11.2. The first-order valence-electron chi connectivity index (χ1n) is 8.48. The summed E-state index contributed by atoms with van der Waals surface area (Å²) in [7, 11) is -3.12. The maximum absolute atomic E-state index is 13.4. The number of ether oxygens (including phenoxy) is 1. The number of amides is 1. The number of sulfonamides is 1. The van der Waals surface area contributed by atoms with Crippen molar-refractivity contribution in [3.8, 4) is 0 Å². The highest BCUT2D eigenvalue weighted by atomic mass is 35.5. The third kappa shape index (κ3) is 4.64. The fourth-order valence-electron chi connectivity index (χ4n) is 2.58. The first-order chi connectivity index (χ1) is 14.2. The van der Waals surface area contributed by atoms with Crippen LogP contribution < -0.4 is 9.62 Å². The number of nitrogens with one attached hydrogen (secondary N) is 2. The number of hydrogen-bond donors (Lipinski definition) is 2. The molecule has 2 aromatic heterocycles. The fourth-order valence-corrected chi connectivity index (χ4v) is 5.44. The topological polar surface area (TPSA) is 121 Å². The maximum atomic E-state index is 13.4. The lowest BCUT2D eigenvalue weighted by Crippen LogP contribution is -2.38. The van der Waals surface area contributed by atoms with Crippen LogP contribution >= 0.6 is 22.9 Å². The minimum atomic E-state index is -4.28. The quantitative estimate of drug-likeness (QED) is 0.514. The van der Waals surface area contributed by atoms with Gasteiger partial charge in [-0.05, 0) is 42.6 Å². The molecule has 158 valence electrons. The summed E-state index contributed by atoms with van der Waals surface area (Å²) in [6, 6.07) is 8.84. The van der Waals surface area contributed by atoms with E-state index in [1.165, 1.54) is 35.7 Å². The van der Waals surface area contributed by atoms with Crippen molar-refractivity contribution in [1.82, 2.24) is 10.2 Å². The number of aromatic amines is 1. The zero-order chi connectivity index (χ0) is 21.9. The van der Waals surface area contributed by atoms with Crippen molar-refractivity contribution in [3.05, 3.63) is 57.4 Å². The molecule has 0 radical (unpaired) electrons. The van der Waals surface area contributed by atoms with Gasteiger partial charge in [-0.3, -0.25) is 14.2 Å². The number of aryl methyl sites for hydroxylation is 1. The third-order valence-electron chi connectivity index (χ3n) is 3.94. The van der Waals surface area contributed by atoms with Crippen molar-refractivity contribution in [2.45, 2.75) is 11.8 Å². The number of esters is 1. The summed E-state index contributed by atoms with van der Waals surface area (Å²) in [5, 5.41) is 11.0. The number of methoxy groups -OCH3 is 1. The van der Waals surface area contributed by atoms with E-state index in [1.807, 2.05) is 0 Å². The van der Waals surface area contributed by atoms with Crippen LogP contribution in [0.3, 0.4) is 0 Å². The molecule has 3 rings (SSSR count). The lowest BCUT2D eigenvalue weighted by molar-refractivity contribution is -0.114. The van der Waals surface area contributed by atoms with Gasteiger partial charge in [0.25, 0.3) is 10.0 Å². The van der Waals surface area contributed by atoms with Crippen molar-refractivity contribution in [2.24, 2.45) is 0 Å². The second-order valence-corrected chi connectivity index (χ2v) is 9.26. The summed E-state index contributed by atoms with van der Waals surface area (Å²) in [5.74, 6) is -1.14. The number of carbonyl (C=O) groups excluding carboxylic acids is 2. The molecule has 0 aliphatic carbocycles. The van der Waals surface area contributed by atoms with Crippen molar-refractivity contribution < 1.29 is 22.7 Å². The molecule has 0 unspecified atom stereocenters. The molecule has 0 saturated heterocycles. The Morgan fingerprint density at radius 2 is 1.97 bits per heavy atom. The average Bonchev–Trinajstić information content (AvgIpc) is 3.36. The van der Waals surface area contributed by atoms with E-state index in [1.54, 1.807) is 13.0 Å². The summed E-state index contributed by atoms with van der Waals surface area (Å²) >= 11 is 6.84. The van der Waals surface area contributed by atoms with E-state index in [4.69, 9.17) is 11.6 Å². The molecule has 0 atom stereocenters. The van der Waals surface area contributed by atoms with E-state index < -0.39 is 28.4 Å². The van der Waals surface area contributed by atoms with Crippen molar-refractivity contribution in [1.29, 1.82) is 0 Å². The van der Waals surface area contributed by atoms with Crippen LogP contribution in [0.1, 0.15) is 15.4 Å². The number of H-pyrrole nitrogens is 1. The first kappa shape index (κ1) is 21.8. The minimum absolute atomic E-state index is 0.0835. The Hall–Kier alpha value is -2.89. The van der Waals surface area contributed by atoms with Crippen LogP contribution in [0.4, 0.5) is 11.5 Å². The Balaban J connectivity index is 1.99. The predicted molar refractivity (Wildman–Crippen MR) is 114 cm³/mol. The molecule has 0 spiro atoms. The molecule has 0 aliphatic heterocycles. The number of rotatable bonds is 7. The Labute approximate surface area is 181 Å². The van der Waals surface area contributed by atoms with E-state index in [9.17, 15) is 18.0 Å². The van der Waals surface area contributed by atoms with Gasteiger partial charge in [0, 0.05) is 16.8 Å². The van der Waals surface area contributed by atoms with Gasteiger partial charge in [-0.15, -0.1) is 11.3 Å². The zero-order valence-corrected chi connectivity index (χ0v) is 18.3. The number of aromatic nitrogens is 2. The van der Waals surface area contributed by atoms with Crippen LogP contribution in [-0.4, -0.2) is 44.1 Å². The Morgan fingerprint density at radius 3 is 2.57 bits per heavy atom. The van der Waals surface area contributed by atoms with Gasteiger partial charge >= 0.3 is 5.97 Å². The number of thiophene rings is 1. The van der Waals surface area contributed by atoms with Crippen LogP contribution in [-0.2, 0) is 19.6 Å². The molecule has 1 aromatic carbocycles. The lowest BCUT2D eigenvalue weighted by atomic mass is 10.3.